The molecule has 0 saturated carbocycles. The molecule has 150 valence electrons. The maximum atomic E-state index is 12.4. The Labute approximate surface area is 182 Å². The van der Waals surface area contributed by atoms with Gasteiger partial charge in [0, 0.05) is 33.1 Å². The number of amides is 2. The van der Waals surface area contributed by atoms with Crippen molar-refractivity contribution in [3.05, 3.63) is 55.9 Å². The van der Waals surface area contributed by atoms with E-state index in [1.54, 1.807) is 30.0 Å². The molecule has 2 heterocycles. The average molecular weight is 450 g/mol. The number of hydrogen-bond donors (Lipinski definition) is 1. The molecule has 9 heteroatoms. The number of carbonyl (C=O) groups is 2. The van der Waals surface area contributed by atoms with Gasteiger partial charge in [-0.1, -0.05) is 29.3 Å². The number of ether oxygens (including phenoxy) is 1. The molecular weight excluding hydrogens is 433 g/mol. The minimum absolute atomic E-state index is 0.305. The SMILES string of the molecule is CCOC(=O)N1CCc2c(sc(NC(=O)/C=C/c3c(Cl)cccc3Cl)c2C#N)C1. The first-order chi connectivity index (χ1) is 13.9. The van der Waals surface area contributed by atoms with Crippen molar-refractivity contribution in [2.75, 3.05) is 18.5 Å². The van der Waals surface area contributed by atoms with Crippen LogP contribution < -0.4 is 5.32 Å². The van der Waals surface area contributed by atoms with E-state index in [1.165, 1.54) is 23.5 Å². The molecule has 6 nitrogen and oxygen atoms in total. The molecule has 1 N–H and O–H groups in total. The first kappa shape index (κ1) is 21.2. The highest BCUT2D eigenvalue weighted by Crippen LogP contribution is 2.37. The Bertz CT molecular complexity index is 1010. The fourth-order valence-corrected chi connectivity index (χ4v) is 4.70. The number of fused-ring (bicyclic) bond motifs is 1. The summed E-state index contributed by atoms with van der Waals surface area (Å²) in [4.78, 5) is 26.8. The van der Waals surface area contributed by atoms with Crippen LogP contribution in [0.2, 0.25) is 10.0 Å². The Morgan fingerprint density at radius 3 is 2.76 bits per heavy atom. The normalized spacial score (nSPS) is 13.1. The van der Waals surface area contributed by atoms with Crippen molar-refractivity contribution in [3.63, 3.8) is 0 Å². The Morgan fingerprint density at radius 2 is 2.10 bits per heavy atom. The van der Waals surface area contributed by atoms with Crippen molar-refractivity contribution in [2.24, 2.45) is 0 Å². The summed E-state index contributed by atoms with van der Waals surface area (Å²) < 4.78 is 5.04. The average Bonchev–Trinajstić information content (AvgIpc) is 3.03. The summed E-state index contributed by atoms with van der Waals surface area (Å²) in [6.45, 7) is 2.88. The van der Waals surface area contributed by atoms with Crippen LogP contribution in [0, 0.1) is 11.3 Å². The summed E-state index contributed by atoms with van der Waals surface area (Å²) >= 11 is 13.5. The van der Waals surface area contributed by atoms with Crippen LogP contribution in [0.3, 0.4) is 0 Å². The highest BCUT2D eigenvalue weighted by Gasteiger charge is 2.27. The van der Waals surface area contributed by atoms with Crippen molar-refractivity contribution >= 4 is 57.6 Å². The highest BCUT2D eigenvalue weighted by atomic mass is 35.5. The molecule has 2 aromatic rings. The lowest BCUT2D eigenvalue weighted by Gasteiger charge is -2.25. The smallest absolute Gasteiger partial charge is 0.410 e. The van der Waals surface area contributed by atoms with Crippen LogP contribution in [-0.2, 0) is 22.5 Å². The Morgan fingerprint density at radius 1 is 1.38 bits per heavy atom. The van der Waals surface area contributed by atoms with E-state index in [1.807, 2.05) is 0 Å². The zero-order valence-electron chi connectivity index (χ0n) is 15.5. The van der Waals surface area contributed by atoms with Crippen LogP contribution in [-0.4, -0.2) is 30.1 Å². The van der Waals surface area contributed by atoms with Crippen LogP contribution >= 0.6 is 34.5 Å². The standard InChI is InChI=1S/C20H17Cl2N3O3S/c1-2-28-20(27)25-9-8-12-14(10-23)19(29-17(12)11-25)24-18(26)7-6-13-15(21)4-3-5-16(13)22/h3-7H,2,8-9,11H2,1H3,(H,24,26)/b7-6+. The highest BCUT2D eigenvalue weighted by molar-refractivity contribution is 7.16. The fourth-order valence-electron chi connectivity index (χ4n) is 2.96. The van der Waals surface area contributed by atoms with Gasteiger partial charge in [-0.25, -0.2) is 4.79 Å². The number of thiophene rings is 1. The van der Waals surface area contributed by atoms with E-state index in [0.29, 0.717) is 52.3 Å². The number of hydrogen-bond acceptors (Lipinski definition) is 5. The molecule has 0 atom stereocenters. The van der Waals surface area contributed by atoms with E-state index >= 15 is 0 Å². The number of nitrogens with zero attached hydrogens (tertiary/aromatic N) is 2. The summed E-state index contributed by atoms with van der Waals surface area (Å²) in [5, 5.41) is 13.6. The second kappa shape index (κ2) is 9.31. The number of benzene rings is 1. The van der Waals surface area contributed by atoms with Gasteiger partial charge in [0.25, 0.3) is 0 Å². The monoisotopic (exact) mass is 449 g/mol. The van der Waals surface area contributed by atoms with Crippen molar-refractivity contribution in [1.82, 2.24) is 4.90 Å². The lowest BCUT2D eigenvalue weighted by Crippen LogP contribution is -2.35. The molecule has 0 spiro atoms. The van der Waals surface area contributed by atoms with Crippen LogP contribution in [0.25, 0.3) is 6.08 Å². The van der Waals surface area contributed by atoms with Gasteiger partial charge in [0.2, 0.25) is 5.91 Å². The molecule has 3 rings (SSSR count). The molecule has 29 heavy (non-hydrogen) atoms. The lowest BCUT2D eigenvalue weighted by atomic mass is 10.0. The van der Waals surface area contributed by atoms with Crippen molar-refractivity contribution in [2.45, 2.75) is 19.9 Å². The minimum Gasteiger partial charge on any atom is -0.450 e. The molecule has 0 aliphatic carbocycles. The van der Waals surface area contributed by atoms with Crippen LogP contribution in [0.4, 0.5) is 9.80 Å². The summed E-state index contributed by atoms with van der Waals surface area (Å²) in [5.74, 6) is -0.404. The molecule has 0 saturated heterocycles. The summed E-state index contributed by atoms with van der Waals surface area (Å²) in [5.41, 5.74) is 1.85. The second-order valence-electron chi connectivity index (χ2n) is 6.15. The van der Waals surface area contributed by atoms with E-state index in [4.69, 9.17) is 27.9 Å². The molecule has 2 amide bonds. The lowest BCUT2D eigenvalue weighted by molar-refractivity contribution is -0.111. The molecule has 1 aliphatic rings. The number of carbonyl (C=O) groups excluding carboxylic acids is 2. The van der Waals surface area contributed by atoms with Gasteiger partial charge in [-0.15, -0.1) is 11.3 Å². The van der Waals surface area contributed by atoms with E-state index in [-0.39, 0.29) is 6.09 Å². The zero-order chi connectivity index (χ0) is 21.0. The first-order valence-corrected chi connectivity index (χ1v) is 10.4. The third kappa shape index (κ3) is 4.73. The van der Waals surface area contributed by atoms with Gasteiger partial charge in [-0.05, 0) is 37.1 Å². The number of nitrogens with one attached hydrogen (secondary N) is 1. The maximum absolute atomic E-state index is 12.4. The maximum Gasteiger partial charge on any atom is 0.410 e. The molecule has 0 bridgehead atoms. The molecule has 1 aromatic heterocycles. The van der Waals surface area contributed by atoms with Gasteiger partial charge in [0.15, 0.2) is 0 Å². The number of rotatable bonds is 4. The van der Waals surface area contributed by atoms with E-state index < -0.39 is 5.91 Å². The molecule has 0 fully saturated rings. The number of halogens is 2. The van der Waals surface area contributed by atoms with E-state index in [9.17, 15) is 14.9 Å². The Kier molecular flexibility index (Phi) is 6.80. The van der Waals surface area contributed by atoms with Gasteiger partial charge in [0.05, 0.1) is 18.7 Å². The van der Waals surface area contributed by atoms with Crippen molar-refractivity contribution in [1.29, 1.82) is 5.26 Å². The molecule has 1 aromatic carbocycles. The van der Waals surface area contributed by atoms with Crippen molar-refractivity contribution < 1.29 is 14.3 Å². The van der Waals surface area contributed by atoms with Crippen LogP contribution in [0.5, 0.6) is 0 Å². The van der Waals surface area contributed by atoms with Crippen LogP contribution in [0.15, 0.2) is 24.3 Å². The Hall–Kier alpha value is -2.53. The number of nitriles is 1. The van der Waals surface area contributed by atoms with Crippen LogP contribution in [0.1, 0.15) is 28.5 Å². The third-order valence-corrected chi connectivity index (χ3v) is 6.12. The summed E-state index contributed by atoms with van der Waals surface area (Å²) in [6, 6.07) is 7.25. The second-order valence-corrected chi connectivity index (χ2v) is 8.07. The van der Waals surface area contributed by atoms with Crippen molar-refractivity contribution in [3.8, 4) is 6.07 Å². The van der Waals surface area contributed by atoms with Gasteiger partial charge < -0.3 is 15.0 Å². The van der Waals surface area contributed by atoms with E-state index in [2.05, 4.69) is 11.4 Å². The zero-order valence-corrected chi connectivity index (χ0v) is 17.8. The largest absolute Gasteiger partial charge is 0.450 e. The molecule has 0 radical (unpaired) electrons. The summed E-state index contributed by atoms with van der Waals surface area (Å²) in [7, 11) is 0. The number of anilines is 1. The molecular formula is C20H17Cl2N3O3S. The predicted molar refractivity (Wildman–Crippen MR) is 114 cm³/mol. The topological polar surface area (TPSA) is 82.4 Å². The quantitative estimate of drug-likeness (QED) is 0.658. The van der Waals surface area contributed by atoms with E-state index in [0.717, 1.165) is 10.4 Å². The molecule has 1 aliphatic heterocycles. The van der Waals surface area contributed by atoms with Gasteiger partial charge in [0.1, 0.15) is 11.1 Å². The Balaban J connectivity index is 1.77. The molecule has 0 unspecified atom stereocenters. The first-order valence-electron chi connectivity index (χ1n) is 8.84. The predicted octanol–water partition coefficient (Wildman–Crippen LogP) is 5.09. The summed E-state index contributed by atoms with van der Waals surface area (Å²) in [6.07, 6.45) is 3.00. The third-order valence-electron chi connectivity index (χ3n) is 4.33. The van der Waals surface area contributed by atoms with Gasteiger partial charge >= 0.3 is 6.09 Å². The van der Waals surface area contributed by atoms with Gasteiger partial charge in [-0.2, -0.15) is 5.26 Å². The fraction of sp³-hybridized carbons (Fsp3) is 0.250. The van der Waals surface area contributed by atoms with Gasteiger partial charge in [-0.3, -0.25) is 4.79 Å². The minimum atomic E-state index is -0.404.